The minimum absolute atomic E-state index is 0.0120. The van der Waals surface area contributed by atoms with E-state index >= 15 is 0 Å². The van der Waals surface area contributed by atoms with Crippen LogP contribution >= 0.6 is 0 Å². The van der Waals surface area contributed by atoms with E-state index in [1.165, 1.54) is 20.8 Å². The summed E-state index contributed by atoms with van der Waals surface area (Å²) >= 11 is 0. The number of primary amides is 1. The molecular weight excluding hydrogens is 746 g/mol. The first-order chi connectivity index (χ1) is 26.7. The van der Waals surface area contributed by atoms with Crippen molar-refractivity contribution in [3.63, 3.8) is 0 Å². The molecule has 0 aliphatic rings. The molecule has 0 aliphatic heterocycles. The molecule has 0 saturated carbocycles. The van der Waals surface area contributed by atoms with Crippen molar-refractivity contribution < 1.29 is 53.1 Å². The zero-order valence-corrected chi connectivity index (χ0v) is 33.1. The van der Waals surface area contributed by atoms with Gasteiger partial charge in [-0.05, 0) is 31.2 Å². The van der Waals surface area contributed by atoms with Crippen LogP contribution in [0, 0.1) is 11.8 Å². The highest BCUT2D eigenvalue weighted by Crippen LogP contribution is 2.10. The second-order valence-corrected chi connectivity index (χ2v) is 13.7. The number of benzene rings is 1. The Hall–Kier alpha value is -6.34. The number of amides is 9. The summed E-state index contributed by atoms with van der Waals surface area (Å²) in [6.07, 6.45) is 1.94. The molecule has 20 heteroatoms. The number of nitrogens with one attached hydrogen (secondary N) is 8. The zero-order valence-electron chi connectivity index (χ0n) is 33.1. The molecule has 0 heterocycles. The van der Waals surface area contributed by atoms with E-state index in [1.807, 2.05) is 0 Å². The predicted molar refractivity (Wildman–Crippen MR) is 205 cm³/mol. The molecule has 0 spiro atoms. The summed E-state index contributed by atoms with van der Waals surface area (Å²) in [5.41, 5.74) is 6.04. The number of carbonyl (C=O) groups is 10. The highest BCUT2D eigenvalue weighted by atomic mass is 16.4. The molecule has 0 fully saturated rings. The van der Waals surface area contributed by atoms with Gasteiger partial charge < -0.3 is 53.4 Å². The topological polar surface area (TPSA) is 313 Å². The summed E-state index contributed by atoms with van der Waals surface area (Å²) in [5.74, 6) is -9.13. The second-order valence-electron chi connectivity index (χ2n) is 13.7. The number of carboxylic acid groups (broad SMARTS) is 1. The third-order valence-corrected chi connectivity index (χ3v) is 8.48. The van der Waals surface area contributed by atoms with Gasteiger partial charge in [-0.3, -0.25) is 43.2 Å². The van der Waals surface area contributed by atoms with E-state index in [1.54, 1.807) is 58.0 Å². The third kappa shape index (κ3) is 18.2. The van der Waals surface area contributed by atoms with Crippen molar-refractivity contribution >= 4 is 59.1 Å². The van der Waals surface area contributed by atoms with Gasteiger partial charge in [-0.1, -0.05) is 64.4 Å². The number of nitrogens with two attached hydrogens (primary N) is 1. The van der Waals surface area contributed by atoms with Crippen LogP contribution in [-0.2, 0) is 54.4 Å². The monoisotopic (exact) mass is 801 g/mol. The van der Waals surface area contributed by atoms with Crippen LogP contribution in [0.2, 0.25) is 0 Å². The van der Waals surface area contributed by atoms with Crippen molar-refractivity contribution in [1.82, 2.24) is 42.5 Å². The lowest BCUT2D eigenvalue weighted by molar-refractivity contribution is -0.141. The van der Waals surface area contributed by atoms with Crippen molar-refractivity contribution in [3.05, 3.63) is 48.0 Å². The van der Waals surface area contributed by atoms with E-state index in [9.17, 15) is 53.1 Å². The lowest BCUT2D eigenvalue weighted by Gasteiger charge is -2.28. The number of aliphatic carboxylic acids is 1. The normalized spacial score (nSPS) is 14.6. The van der Waals surface area contributed by atoms with Gasteiger partial charge in [0.25, 0.3) is 0 Å². The van der Waals surface area contributed by atoms with Gasteiger partial charge in [0, 0.05) is 32.0 Å². The molecule has 57 heavy (non-hydrogen) atoms. The first-order valence-electron chi connectivity index (χ1n) is 18.2. The Morgan fingerprint density at radius 2 is 1.23 bits per heavy atom. The summed E-state index contributed by atoms with van der Waals surface area (Å²) in [6, 6.07) is 1.37. The molecule has 1 aromatic rings. The van der Waals surface area contributed by atoms with Crippen LogP contribution in [0.4, 0.5) is 0 Å². The summed E-state index contributed by atoms with van der Waals surface area (Å²) in [7, 11) is 0. The maximum absolute atomic E-state index is 13.4. The van der Waals surface area contributed by atoms with Crippen LogP contribution in [0.1, 0.15) is 60.5 Å². The van der Waals surface area contributed by atoms with Crippen LogP contribution < -0.4 is 48.3 Å². The maximum atomic E-state index is 13.4. The molecule has 11 N–H and O–H groups in total. The average molecular weight is 802 g/mol. The molecule has 0 saturated heterocycles. The fourth-order valence-corrected chi connectivity index (χ4v) is 4.94. The van der Waals surface area contributed by atoms with E-state index in [4.69, 9.17) is 5.73 Å². The summed E-state index contributed by atoms with van der Waals surface area (Å²) < 4.78 is 0. The minimum Gasteiger partial charge on any atom is -0.480 e. The average Bonchev–Trinajstić information content (AvgIpc) is 3.14. The van der Waals surface area contributed by atoms with Gasteiger partial charge in [-0.2, -0.15) is 0 Å². The summed E-state index contributed by atoms with van der Waals surface area (Å²) in [5, 5.41) is 28.6. The largest absolute Gasteiger partial charge is 0.480 e. The highest BCUT2D eigenvalue weighted by molar-refractivity contribution is 6.01. The van der Waals surface area contributed by atoms with Gasteiger partial charge in [0.15, 0.2) is 0 Å². The van der Waals surface area contributed by atoms with Crippen LogP contribution in [0.25, 0.3) is 0 Å². The fraction of sp³-hybridized carbons (Fsp3) is 0.514. The number of hydrogen-bond acceptors (Lipinski definition) is 10. The van der Waals surface area contributed by atoms with E-state index in [0.29, 0.717) is 12.0 Å². The standard InChI is InChI=1S/C37H55N9O11/c1-8-20(4)31(36(55)42-22(6)34(53)45-30(19(2)3)32(38)51)46-35(54)26(17-39-23(7)47)44-28(49)15-14-27(48)41-21(5)33(52)40-18-29(50)43-25(37(56)57)16-24-12-10-9-11-13-24/h9-15,19-22,25-26,30-31H,8,16-18H2,1-7H3,(H2,38,51)(H,39,47)(H,40,52)(H,41,48)(H,42,55)(H,43,50)(H,44,49)(H,45,53)(H,46,54)(H,56,57)/b15-14+/t20-,21-,22-,25-,26-,30-,31-/m0/s1. The van der Waals surface area contributed by atoms with Crippen molar-refractivity contribution in [1.29, 1.82) is 0 Å². The number of carboxylic acids is 1. The lowest BCUT2D eigenvalue weighted by Crippen LogP contribution is -2.60. The van der Waals surface area contributed by atoms with Gasteiger partial charge in [0.2, 0.25) is 53.2 Å². The van der Waals surface area contributed by atoms with Crippen molar-refractivity contribution in [2.45, 2.75) is 97.6 Å². The SMILES string of the molecule is CC[C@H](C)[C@H](NC(=O)[C@H](CNC(C)=O)NC(=O)/C=C/C(=O)N[C@@H](C)C(=O)NCC(=O)N[C@@H](Cc1ccccc1)C(=O)O)C(=O)N[C@@H](C)C(=O)N[C@H](C(N)=O)C(C)C. The van der Waals surface area contributed by atoms with Crippen LogP contribution in [0.5, 0.6) is 0 Å². The second kappa shape index (κ2) is 24.2. The fourth-order valence-electron chi connectivity index (χ4n) is 4.94. The number of carbonyl (C=O) groups excluding carboxylic acids is 9. The van der Waals surface area contributed by atoms with Crippen LogP contribution in [-0.4, -0.2) is 114 Å². The van der Waals surface area contributed by atoms with Gasteiger partial charge in [-0.25, -0.2) is 4.79 Å². The first-order valence-corrected chi connectivity index (χ1v) is 18.2. The van der Waals surface area contributed by atoms with Crippen LogP contribution in [0.15, 0.2) is 42.5 Å². The summed E-state index contributed by atoms with van der Waals surface area (Å²) in [4.78, 5) is 125. The molecule has 0 radical (unpaired) electrons. The Bertz CT molecular complexity index is 1650. The molecule has 20 nitrogen and oxygen atoms in total. The minimum atomic E-state index is -1.44. The van der Waals surface area contributed by atoms with Gasteiger partial charge in [0.1, 0.15) is 36.3 Å². The van der Waals surface area contributed by atoms with E-state index in [0.717, 1.165) is 12.2 Å². The maximum Gasteiger partial charge on any atom is 0.326 e. The molecule has 9 amide bonds. The molecule has 0 unspecified atom stereocenters. The highest BCUT2D eigenvalue weighted by Gasteiger charge is 2.32. The van der Waals surface area contributed by atoms with E-state index < -0.39 is 114 Å². The molecule has 1 rings (SSSR count). The molecule has 0 aromatic heterocycles. The van der Waals surface area contributed by atoms with E-state index in [2.05, 4.69) is 42.5 Å². The van der Waals surface area contributed by atoms with Crippen molar-refractivity contribution in [3.8, 4) is 0 Å². The Morgan fingerprint density at radius 3 is 1.75 bits per heavy atom. The zero-order chi connectivity index (χ0) is 43.4. The van der Waals surface area contributed by atoms with Crippen molar-refractivity contribution in [2.75, 3.05) is 13.1 Å². The lowest BCUT2D eigenvalue weighted by atomic mass is 9.97. The Morgan fingerprint density at radius 1 is 0.667 bits per heavy atom. The molecule has 1 aromatic carbocycles. The van der Waals surface area contributed by atoms with Gasteiger partial charge >= 0.3 is 5.97 Å². The van der Waals surface area contributed by atoms with Gasteiger partial charge in [-0.15, -0.1) is 0 Å². The number of rotatable bonds is 23. The Kier molecular flexibility index (Phi) is 20.7. The van der Waals surface area contributed by atoms with E-state index in [-0.39, 0.29) is 12.3 Å². The molecule has 7 atom stereocenters. The van der Waals surface area contributed by atoms with Crippen LogP contribution in [0.3, 0.4) is 0 Å². The quantitative estimate of drug-likeness (QED) is 0.0506. The van der Waals surface area contributed by atoms with Crippen molar-refractivity contribution in [2.24, 2.45) is 17.6 Å². The Labute approximate surface area is 330 Å². The van der Waals surface area contributed by atoms with Gasteiger partial charge in [0.05, 0.1) is 6.54 Å². The first kappa shape index (κ1) is 48.7. The molecule has 0 aliphatic carbocycles. The third-order valence-electron chi connectivity index (χ3n) is 8.48. The predicted octanol–water partition coefficient (Wildman–Crippen LogP) is -2.74. The molecule has 0 bridgehead atoms. The summed E-state index contributed by atoms with van der Waals surface area (Å²) in [6.45, 7) is 9.63. The molecular formula is C37H55N9O11. The Balaban J connectivity index is 2.86. The smallest absolute Gasteiger partial charge is 0.326 e. The molecule has 314 valence electrons. The number of hydrogen-bond donors (Lipinski definition) is 10.